The molecule has 2 heterocycles. The van der Waals surface area contributed by atoms with Crippen LogP contribution in [-0.4, -0.2) is 17.1 Å². The van der Waals surface area contributed by atoms with Crippen LogP contribution < -0.4 is 10.3 Å². The number of nitrogens with one attached hydrogen (secondary N) is 2. The highest BCUT2D eigenvalue weighted by atomic mass is 16.5. The average molecular weight is 214 g/mol. The van der Waals surface area contributed by atoms with Crippen molar-refractivity contribution >= 4 is 21.8 Å². The van der Waals surface area contributed by atoms with Crippen LogP contribution in [0.4, 0.5) is 0 Å². The van der Waals surface area contributed by atoms with Gasteiger partial charge in [0.25, 0.3) is 0 Å². The van der Waals surface area contributed by atoms with Gasteiger partial charge in [-0.3, -0.25) is 4.79 Å². The molecule has 0 aliphatic rings. The van der Waals surface area contributed by atoms with E-state index >= 15 is 0 Å². The Hall–Kier alpha value is -2.23. The zero-order valence-corrected chi connectivity index (χ0v) is 8.70. The molecule has 4 nitrogen and oxygen atoms in total. The number of fused-ring (bicyclic) bond motifs is 3. The summed E-state index contributed by atoms with van der Waals surface area (Å²) >= 11 is 0. The predicted octanol–water partition coefficient (Wildman–Crippen LogP) is 2.02. The largest absolute Gasteiger partial charge is 0.497 e. The predicted molar refractivity (Wildman–Crippen MR) is 63.0 cm³/mol. The van der Waals surface area contributed by atoms with Gasteiger partial charge in [0.1, 0.15) is 5.75 Å². The van der Waals surface area contributed by atoms with Gasteiger partial charge in [-0.05, 0) is 18.2 Å². The lowest BCUT2D eigenvalue weighted by molar-refractivity contribution is 0.415. The molecule has 80 valence electrons. The topological polar surface area (TPSA) is 57.9 Å². The fraction of sp³-hybridized carbons (Fsp3) is 0.0833. The number of hydrogen-bond donors (Lipinski definition) is 2. The van der Waals surface area contributed by atoms with Gasteiger partial charge in [-0.25, -0.2) is 0 Å². The molecular formula is C12H10N2O2. The number of pyridine rings is 1. The van der Waals surface area contributed by atoms with Crippen LogP contribution in [0.1, 0.15) is 0 Å². The van der Waals surface area contributed by atoms with Gasteiger partial charge in [-0.1, -0.05) is 0 Å². The Morgan fingerprint density at radius 1 is 1.12 bits per heavy atom. The molecule has 0 atom stereocenters. The Balaban J connectivity index is 2.49. The van der Waals surface area contributed by atoms with Crippen molar-refractivity contribution in [2.45, 2.75) is 0 Å². The summed E-state index contributed by atoms with van der Waals surface area (Å²) in [7, 11) is 1.63. The quantitative estimate of drug-likeness (QED) is 0.651. The van der Waals surface area contributed by atoms with Crippen molar-refractivity contribution in [1.82, 2.24) is 9.97 Å². The van der Waals surface area contributed by atoms with Crippen LogP contribution in [0.3, 0.4) is 0 Å². The van der Waals surface area contributed by atoms with E-state index in [-0.39, 0.29) is 5.56 Å². The molecule has 0 aliphatic carbocycles. The molecule has 3 aromatic rings. The van der Waals surface area contributed by atoms with Crippen LogP contribution in [0.25, 0.3) is 21.8 Å². The summed E-state index contributed by atoms with van der Waals surface area (Å²) in [6.45, 7) is 0. The van der Waals surface area contributed by atoms with Crippen molar-refractivity contribution in [2.75, 3.05) is 7.11 Å². The van der Waals surface area contributed by atoms with E-state index in [2.05, 4.69) is 9.97 Å². The molecule has 16 heavy (non-hydrogen) atoms. The van der Waals surface area contributed by atoms with Gasteiger partial charge in [0.05, 0.1) is 12.6 Å². The van der Waals surface area contributed by atoms with E-state index < -0.39 is 0 Å². The number of methoxy groups -OCH3 is 1. The van der Waals surface area contributed by atoms with Crippen LogP contribution in [0, 0.1) is 0 Å². The third-order valence-corrected chi connectivity index (χ3v) is 2.71. The number of H-pyrrole nitrogens is 2. The standard InChI is InChI=1S/C12H10N2O2/c1-16-7-2-3-10-8(4-7)9-5-12(15)13-6-11(9)14-10/h2-6,14H,1H3,(H,13,15). The van der Waals surface area contributed by atoms with Crippen LogP contribution in [-0.2, 0) is 0 Å². The summed E-state index contributed by atoms with van der Waals surface area (Å²) in [5, 5.41) is 1.91. The summed E-state index contributed by atoms with van der Waals surface area (Å²) in [6, 6.07) is 7.35. The fourth-order valence-corrected chi connectivity index (χ4v) is 1.93. The molecule has 4 heteroatoms. The summed E-state index contributed by atoms with van der Waals surface area (Å²) < 4.78 is 5.17. The highest BCUT2D eigenvalue weighted by molar-refractivity contribution is 6.07. The van der Waals surface area contributed by atoms with Gasteiger partial charge in [-0.2, -0.15) is 0 Å². The maximum absolute atomic E-state index is 11.3. The first-order chi connectivity index (χ1) is 7.78. The summed E-state index contributed by atoms with van der Waals surface area (Å²) in [5.74, 6) is 0.786. The van der Waals surface area contributed by atoms with Crippen molar-refractivity contribution < 1.29 is 4.74 Å². The fourth-order valence-electron chi connectivity index (χ4n) is 1.93. The lowest BCUT2D eigenvalue weighted by atomic mass is 10.2. The average Bonchev–Trinajstić information content (AvgIpc) is 2.66. The molecule has 2 aromatic heterocycles. The normalized spacial score (nSPS) is 11.1. The molecule has 0 bridgehead atoms. The molecule has 0 aliphatic heterocycles. The first-order valence-corrected chi connectivity index (χ1v) is 4.96. The molecule has 0 fully saturated rings. The highest BCUT2D eigenvalue weighted by Crippen LogP contribution is 2.27. The number of aromatic amines is 2. The molecule has 0 unspecified atom stereocenters. The summed E-state index contributed by atoms with van der Waals surface area (Å²) in [4.78, 5) is 17.2. The van der Waals surface area contributed by atoms with Gasteiger partial charge >= 0.3 is 0 Å². The molecule has 0 saturated heterocycles. The zero-order chi connectivity index (χ0) is 11.1. The van der Waals surface area contributed by atoms with Crippen molar-refractivity contribution in [3.8, 4) is 5.75 Å². The van der Waals surface area contributed by atoms with Crippen LogP contribution in [0.15, 0.2) is 35.3 Å². The molecular weight excluding hydrogens is 204 g/mol. The number of aromatic nitrogens is 2. The Morgan fingerprint density at radius 2 is 1.94 bits per heavy atom. The minimum atomic E-state index is -0.101. The minimum Gasteiger partial charge on any atom is -0.497 e. The summed E-state index contributed by atoms with van der Waals surface area (Å²) in [6.07, 6.45) is 1.68. The van der Waals surface area contributed by atoms with E-state index in [1.54, 1.807) is 19.4 Å². The molecule has 2 N–H and O–H groups in total. The molecule has 0 spiro atoms. The maximum Gasteiger partial charge on any atom is 0.248 e. The second-order valence-electron chi connectivity index (χ2n) is 3.66. The van der Waals surface area contributed by atoms with E-state index in [1.807, 2.05) is 18.2 Å². The van der Waals surface area contributed by atoms with Crippen molar-refractivity contribution in [2.24, 2.45) is 0 Å². The molecule has 0 saturated carbocycles. The highest BCUT2D eigenvalue weighted by Gasteiger charge is 2.05. The smallest absolute Gasteiger partial charge is 0.248 e. The van der Waals surface area contributed by atoms with Crippen LogP contribution in [0.2, 0.25) is 0 Å². The SMILES string of the molecule is COc1ccc2[nH]c3c[nH]c(=O)cc3c2c1. The lowest BCUT2D eigenvalue weighted by Crippen LogP contribution is -2.00. The van der Waals surface area contributed by atoms with Gasteiger partial charge in [0, 0.05) is 28.6 Å². The van der Waals surface area contributed by atoms with Crippen molar-refractivity contribution in [1.29, 1.82) is 0 Å². The van der Waals surface area contributed by atoms with E-state index in [1.165, 1.54) is 0 Å². The first-order valence-electron chi connectivity index (χ1n) is 4.96. The Bertz CT molecular complexity index is 725. The number of ether oxygens (including phenoxy) is 1. The molecule has 0 radical (unpaired) electrons. The molecule has 0 amide bonds. The summed E-state index contributed by atoms with van der Waals surface area (Å²) in [5.41, 5.74) is 1.81. The van der Waals surface area contributed by atoms with Gasteiger partial charge in [0.15, 0.2) is 0 Å². The van der Waals surface area contributed by atoms with E-state index in [9.17, 15) is 4.79 Å². The minimum absolute atomic E-state index is 0.101. The number of rotatable bonds is 1. The Kier molecular flexibility index (Phi) is 1.77. The molecule has 3 rings (SSSR count). The van der Waals surface area contributed by atoms with Gasteiger partial charge in [0.2, 0.25) is 5.56 Å². The third-order valence-electron chi connectivity index (χ3n) is 2.71. The Morgan fingerprint density at radius 3 is 2.75 bits per heavy atom. The Labute approximate surface area is 90.9 Å². The van der Waals surface area contributed by atoms with Crippen molar-refractivity contribution in [3.05, 3.63) is 40.8 Å². The first kappa shape index (κ1) is 9.03. The van der Waals surface area contributed by atoms with Crippen molar-refractivity contribution in [3.63, 3.8) is 0 Å². The van der Waals surface area contributed by atoms with Gasteiger partial charge in [-0.15, -0.1) is 0 Å². The number of benzene rings is 1. The molecule has 1 aromatic carbocycles. The second kappa shape index (κ2) is 3.13. The lowest BCUT2D eigenvalue weighted by Gasteiger charge is -1.98. The van der Waals surface area contributed by atoms with Crippen LogP contribution >= 0.6 is 0 Å². The third kappa shape index (κ3) is 1.20. The zero-order valence-electron chi connectivity index (χ0n) is 8.70. The second-order valence-corrected chi connectivity index (χ2v) is 3.66. The van der Waals surface area contributed by atoms with E-state index in [0.717, 1.165) is 27.6 Å². The maximum atomic E-state index is 11.3. The van der Waals surface area contributed by atoms with E-state index in [4.69, 9.17) is 4.74 Å². The van der Waals surface area contributed by atoms with E-state index in [0.29, 0.717) is 0 Å². The van der Waals surface area contributed by atoms with Crippen LogP contribution in [0.5, 0.6) is 5.75 Å². The monoisotopic (exact) mass is 214 g/mol. The van der Waals surface area contributed by atoms with Gasteiger partial charge < -0.3 is 14.7 Å². The number of hydrogen-bond acceptors (Lipinski definition) is 2.